The van der Waals surface area contributed by atoms with Gasteiger partial charge in [-0.1, -0.05) is 0 Å². The third-order valence-electron chi connectivity index (χ3n) is 2.86. The van der Waals surface area contributed by atoms with Crippen LogP contribution in [0.15, 0.2) is 24.5 Å². The van der Waals surface area contributed by atoms with E-state index in [0.29, 0.717) is 6.54 Å². The third kappa shape index (κ3) is 2.07. The molecule has 1 amide bonds. The van der Waals surface area contributed by atoms with Crippen LogP contribution in [0.1, 0.15) is 13.8 Å². The molecule has 1 aromatic rings. The highest BCUT2D eigenvalue weighted by atomic mass is 16.2. The number of rotatable bonds is 1. The van der Waals surface area contributed by atoms with Gasteiger partial charge in [0.2, 0.25) is 5.91 Å². The van der Waals surface area contributed by atoms with Crippen LogP contribution in [0.5, 0.6) is 0 Å². The minimum atomic E-state index is -0.355. The minimum absolute atomic E-state index is 0.158. The molecule has 1 aromatic heterocycles. The van der Waals surface area contributed by atoms with Crippen LogP contribution in [0.2, 0.25) is 0 Å². The van der Waals surface area contributed by atoms with E-state index in [4.69, 9.17) is 0 Å². The Balaban J connectivity index is 2.30. The Hall–Kier alpha value is -1.42. The van der Waals surface area contributed by atoms with Crippen LogP contribution in [-0.4, -0.2) is 30.5 Å². The van der Waals surface area contributed by atoms with Gasteiger partial charge in [-0.3, -0.25) is 9.78 Å². The van der Waals surface area contributed by atoms with E-state index in [1.54, 1.807) is 12.4 Å². The number of nitrogens with zero attached hydrogens (tertiary/aromatic N) is 2. The lowest BCUT2D eigenvalue weighted by molar-refractivity contribution is -0.125. The van der Waals surface area contributed by atoms with Gasteiger partial charge in [-0.25, -0.2) is 0 Å². The molecule has 0 bridgehead atoms. The Bertz CT molecular complexity index is 375. The molecule has 4 heteroatoms. The summed E-state index contributed by atoms with van der Waals surface area (Å²) < 4.78 is 0. The first-order chi connectivity index (χ1) is 7.61. The van der Waals surface area contributed by atoms with Crippen LogP contribution in [0.4, 0.5) is 5.69 Å². The molecule has 0 atom stereocenters. The standard InChI is InChI=1S/C12H17N3O/c1-12(2)9-14-6-7-15(11(12)16)10-4-3-5-13-8-10/h3-5,8,14H,6-7,9H2,1-2H3. The lowest BCUT2D eigenvalue weighted by atomic mass is 9.92. The summed E-state index contributed by atoms with van der Waals surface area (Å²) >= 11 is 0. The predicted octanol–water partition coefficient (Wildman–Crippen LogP) is 1.04. The highest BCUT2D eigenvalue weighted by Gasteiger charge is 2.34. The minimum Gasteiger partial charge on any atom is -0.314 e. The molecular formula is C12H17N3O. The van der Waals surface area contributed by atoms with Gasteiger partial charge in [0.15, 0.2) is 0 Å². The number of carbonyl (C=O) groups excluding carboxylic acids is 1. The monoisotopic (exact) mass is 219 g/mol. The van der Waals surface area contributed by atoms with Crippen molar-refractivity contribution in [2.45, 2.75) is 13.8 Å². The molecule has 0 saturated carbocycles. The Kier molecular flexibility index (Phi) is 2.92. The van der Waals surface area contributed by atoms with E-state index >= 15 is 0 Å². The topological polar surface area (TPSA) is 45.2 Å². The van der Waals surface area contributed by atoms with Crippen molar-refractivity contribution in [3.8, 4) is 0 Å². The van der Waals surface area contributed by atoms with Crippen LogP contribution >= 0.6 is 0 Å². The summed E-state index contributed by atoms with van der Waals surface area (Å²) in [5.41, 5.74) is 0.524. The van der Waals surface area contributed by atoms with Crippen molar-refractivity contribution < 1.29 is 4.79 Å². The summed E-state index contributed by atoms with van der Waals surface area (Å²) in [7, 11) is 0. The summed E-state index contributed by atoms with van der Waals surface area (Å²) in [4.78, 5) is 18.2. The third-order valence-corrected chi connectivity index (χ3v) is 2.86. The van der Waals surface area contributed by atoms with Crippen LogP contribution in [0.3, 0.4) is 0 Å². The zero-order valence-electron chi connectivity index (χ0n) is 9.73. The van der Waals surface area contributed by atoms with Crippen molar-refractivity contribution >= 4 is 11.6 Å². The first-order valence-electron chi connectivity index (χ1n) is 5.54. The SMILES string of the molecule is CC1(C)CNCCN(c2cccnc2)C1=O. The average molecular weight is 219 g/mol. The fourth-order valence-electron chi connectivity index (χ4n) is 1.89. The quantitative estimate of drug-likeness (QED) is 0.767. The molecule has 2 heterocycles. The zero-order valence-corrected chi connectivity index (χ0v) is 9.73. The van der Waals surface area contributed by atoms with E-state index < -0.39 is 0 Å². The average Bonchev–Trinajstić information content (AvgIpc) is 2.41. The van der Waals surface area contributed by atoms with Crippen LogP contribution < -0.4 is 10.2 Å². The molecule has 4 nitrogen and oxygen atoms in total. The van der Waals surface area contributed by atoms with Crippen molar-refractivity contribution in [1.82, 2.24) is 10.3 Å². The number of pyridine rings is 1. The highest BCUT2D eigenvalue weighted by molar-refractivity contribution is 5.97. The highest BCUT2D eigenvalue weighted by Crippen LogP contribution is 2.24. The van der Waals surface area contributed by atoms with Crippen LogP contribution in [0.25, 0.3) is 0 Å². The van der Waals surface area contributed by atoms with Crippen molar-refractivity contribution in [1.29, 1.82) is 0 Å². The molecule has 1 aliphatic rings. The molecular weight excluding hydrogens is 202 g/mol. The zero-order chi connectivity index (χ0) is 11.6. The summed E-state index contributed by atoms with van der Waals surface area (Å²) in [5, 5.41) is 3.28. The Morgan fingerprint density at radius 1 is 1.50 bits per heavy atom. The van der Waals surface area contributed by atoms with Crippen molar-refractivity contribution in [3.63, 3.8) is 0 Å². The first kappa shape index (κ1) is 11.1. The second-order valence-electron chi connectivity index (χ2n) is 4.73. The molecule has 0 radical (unpaired) electrons. The summed E-state index contributed by atoms with van der Waals surface area (Å²) in [6.45, 7) is 6.19. The van der Waals surface area contributed by atoms with E-state index in [1.807, 2.05) is 30.9 Å². The number of aromatic nitrogens is 1. The molecule has 0 unspecified atom stereocenters. The number of carbonyl (C=O) groups is 1. The van der Waals surface area contributed by atoms with Crippen LogP contribution in [-0.2, 0) is 4.79 Å². The lowest BCUT2D eigenvalue weighted by Crippen LogP contribution is -2.41. The second kappa shape index (κ2) is 4.22. The molecule has 1 saturated heterocycles. The Morgan fingerprint density at radius 2 is 2.31 bits per heavy atom. The van der Waals surface area contributed by atoms with Crippen molar-refractivity contribution in [2.75, 3.05) is 24.5 Å². The van der Waals surface area contributed by atoms with Gasteiger partial charge < -0.3 is 10.2 Å². The van der Waals surface area contributed by atoms with Gasteiger partial charge in [0.1, 0.15) is 0 Å². The van der Waals surface area contributed by atoms with E-state index in [1.165, 1.54) is 0 Å². The van der Waals surface area contributed by atoms with Crippen LogP contribution in [0, 0.1) is 5.41 Å². The number of anilines is 1. The molecule has 86 valence electrons. The van der Waals surface area contributed by atoms with Gasteiger partial charge in [0.05, 0.1) is 17.3 Å². The van der Waals surface area contributed by atoms with Gasteiger partial charge in [0, 0.05) is 25.8 Å². The van der Waals surface area contributed by atoms with E-state index in [0.717, 1.165) is 18.8 Å². The Labute approximate surface area is 95.7 Å². The number of amides is 1. The number of hydrogen-bond acceptors (Lipinski definition) is 3. The van der Waals surface area contributed by atoms with Gasteiger partial charge in [0.25, 0.3) is 0 Å². The van der Waals surface area contributed by atoms with Crippen molar-refractivity contribution in [2.24, 2.45) is 5.41 Å². The number of hydrogen-bond donors (Lipinski definition) is 1. The molecule has 1 aliphatic heterocycles. The van der Waals surface area contributed by atoms with E-state index in [-0.39, 0.29) is 11.3 Å². The molecule has 0 aliphatic carbocycles. The van der Waals surface area contributed by atoms with Gasteiger partial charge in [-0.2, -0.15) is 0 Å². The number of nitrogens with one attached hydrogen (secondary N) is 1. The Morgan fingerprint density at radius 3 is 3.00 bits per heavy atom. The normalized spacial score (nSPS) is 20.6. The van der Waals surface area contributed by atoms with Gasteiger partial charge >= 0.3 is 0 Å². The maximum absolute atomic E-state index is 12.3. The van der Waals surface area contributed by atoms with E-state index in [2.05, 4.69) is 10.3 Å². The molecule has 1 N–H and O–H groups in total. The maximum atomic E-state index is 12.3. The fourth-order valence-corrected chi connectivity index (χ4v) is 1.89. The fraction of sp³-hybridized carbons (Fsp3) is 0.500. The molecule has 16 heavy (non-hydrogen) atoms. The van der Waals surface area contributed by atoms with E-state index in [9.17, 15) is 4.79 Å². The molecule has 2 rings (SSSR count). The lowest BCUT2D eigenvalue weighted by Gasteiger charge is -2.27. The largest absolute Gasteiger partial charge is 0.314 e. The molecule has 1 fully saturated rings. The summed E-state index contributed by atoms with van der Waals surface area (Å²) in [6.07, 6.45) is 3.45. The van der Waals surface area contributed by atoms with Gasteiger partial charge in [-0.05, 0) is 26.0 Å². The summed E-state index contributed by atoms with van der Waals surface area (Å²) in [5.74, 6) is 0.158. The first-order valence-corrected chi connectivity index (χ1v) is 5.54. The maximum Gasteiger partial charge on any atom is 0.234 e. The molecule has 0 aromatic carbocycles. The van der Waals surface area contributed by atoms with Gasteiger partial charge in [-0.15, -0.1) is 0 Å². The van der Waals surface area contributed by atoms with Crippen molar-refractivity contribution in [3.05, 3.63) is 24.5 Å². The predicted molar refractivity (Wildman–Crippen MR) is 63.2 cm³/mol. The second-order valence-corrected chi connectivity index (χ2v) is 4.73. The molecule has 0 spiro atoms. The summed E-state index contributed by atoms with van der Waals surface area (Å²) in [6, 6.07) is 3.78. The smallest absolute Gasteiger partial charge is 0.234 e.